The topological polar surface area (TPSA) is 111 Å². The van der Waals surface area contributed by atoms with Crippen molar-refractivity contribution in [2.75, 3.05) is 24.4 Å². The molecular formula is C39H47F3N4O5S. The third-order valence-corrected chi connectivity index (χ3v) is 13.0. The van der Waals surface area contributed by atoms with E-state index in [9.17, 15) is 26.4 Å². The molecule has 1 aromatic heterocycles. The van der Waals surface area contributed by atoms with Crippen LogP contribution in [0.5, 0.6) is 5.88 Å². The molecule has 3 aromatic rings. The van der Waals surface area contributed by atoms with Crippen LogP contribution in [0.3, 0.4) is 0 Å². The number of piperidine rings is 1. The number of hydrogen-bond acceptors (Lipinski definition) is 7. The van der Waals surface area contributed by atoms with Crippen LogP contribution in [0.1, 0.15) is 88.3 Å². The van der Waals surface area contributed by atoms with E-state index >= 15 is 0 Å². The Balaban J connectivity index is 1.24. The zero-order valence-corrected chi connectivity index (χ0v) is 31.2. The van der Waals surface area contributed by atoms with Crippen molar-refractivity contribution >= 4 is 22.1 Å². The largest absolute Gasteiger partial charge is 0.477 e. The summed E-state index contributed by atoms with van der Waals surface area (Å²) in [6, 6.07) is 14.0. The summed E-state index contributed by atoms with van der Waals surface area (Å²) in [6.45, 7) is 10.4. The van der Waals surface area contributed by atoms with Crippen LogP contribution in [0.4, 0.5) is 23.9 Å². The van der Waals surface area contributed by atoms with Crippen molar-refractivity contribution in [2.24, 2.45) is 22.7 Å². The smallest absolute Gasteiger partial charge is 0.410 e. The van der Waals surface area contributed by atoms with Crippen LogP contribution in [0, 0.1) is 36.5 Å². The summed E-state index contributed by atoms with van der Waals surface area (Å²) < 4.78 is 86.1. The number of hydrogen-bond donors (Lipinski definition) is 1. The summed E-state index contributed by atoms with van der Waals surface area (Å²) in [4.78, 5) is 23.5. The molecule has 1 amide bonds. The van der Waals surface area contributed by atoms with Gasteiger partial charge in [-0.3, -0.25) is 0 Å². The lowest BCUT2D eigenvalue weighted by molar-refractivity contribution is -0.194. The minimum Gasteiger partial charge on any atom is -0.477 e. The molecular weight excluding hydrogens is 694 g/mol. The predicted molar refractivity (Wildman–Crippen MR) is 190 cm³/mol. The standard InChI is InChI=1S/C39H47F3N4O5S/c1-24-8-6-9-25(2)32(24)30-19-31-44-34(43-30)45-52(48,49)29-11-7-10-26(18-29)33(28(23-50-31)22-38(12-13-38)39(40,41)42)27-20-37(21-27)14-16-46(17-15-37)35(47)51-36(3,4)5/h6-11,18-19,27-28,33H,12-17,20-23H2,1-5H3,(H,43,44,45). The van der Waals surface area contributed by atoms with Crippen LogP contribution < -0.4 is 9.46 Å². The van der Waals surface area contributed by atoms with Crippen LogP contribution in [0.2, 0.25) is 0 Å². The number of nitrogens with one attached hydrogen (secondary N) is 1. The highest BCUT2D eigenvalue weighted by atomic mass is 32.2. The highest BCUT2D eigenvalue weighted by molar-refractivity contribution is 7.92. The number of fused-ring (bicyclic) bond motifs is 4. The second-order valence-corrected chi connectivity index (χ2v) is 18.3. The molecule has 2 unspecified atom stereocenters. The molecule has 3 heterocycles. The van der Waals surface area contributed by atoms with Crippen LogP contribution in [0.25, 0.3) is 11.3 Å². The Kier molecular flexibility index (Phi) is 9.06. The average molecular weight is 741 g/mol. The summed E-state index contributed by atoms with van der Waals surface area (Å²) in [7, 11) is -4.18. The molecule has 1 spiro atoms. The van der Waals surface area contributed by atoms with E-state index in [1.165, 1.54) is 6.07 Å². The summed E-state index contributed by atoms with van der Waals surface area (Å²) in [6.07, 6.45) is -1.66. The lowest BCUT2D eigenvalue weighted by Crippen LogP contribution is -2.51. The number of halogens is 3. The zero-order valence-electron chi connectivity index (χ0n) is 30.3. The number of aromatic nitrogens is 2. The quantitative estimate of drug-likeness (QED) is 0.285. The summed E-state index contributed by atoms with van der Waals surface area (Å²) in [5.41, 5.74) is 1.31. The molecule has 1 N–H and O–H groups in total. The van der Waals surface area contributed by atoms with E-state index in [0.29, 0.717) is 24.3 Å². The van der Waals surface area contributed by atoms with Crippen molar-refractivity contribution in [2.45, 2.75) is 102 Å². The number of anilines is 1. The number of benzene rings is 2. The van der Waals surface area contributed by atoms with Crippen molar-refractivity contribution in [3.8, 4) is 17.1 Å². The van der Waals surface area contributed by atoms with Crippen molar-refractivity contribution in [1.82, 2.24) is 14.9 Å². The van der Waals surface area contributed by atoms with E-state index < -0.39 is 39.1 Å². The van der Waals surface area contributed by atoms with E-state index in [1.54, 1.807) is 23.1 Å². The first-order chi connectivity index (χ1) is 24.4. The SMILES string of the molecule is Cc1cccc(C)c1-c1cc2nc(n1)NS(=O)(=O)c1cccc(c1)C(C1CC3(CCN(C(=O)OC(C)(C)C)CC3)C1)C(CC1(C(F)(F)F)CC1)CO2. The van der Waals surface area contributed by atoms with E-state index in [1.807, 2.05) is 58.9 Å². The summed E-state index contributed by atoms with van der Waals surface area (Å²) in [5.74, 6) is -1.08. The maximum atomic E-state index is 14.6. The fourth-order valence-electron chi connectivity index (χ4n) is 8.83. The van der Waals surface area contributed by atoms with Gasteiger partial charge in [-0.05, 0) is 126 Å². The molecule has 4 bridgehead atoms. The van der Waals surface area contributed by atoms with Crippen LogP contribution in [-0.4, -0.2) is 60.9 Å². The molecule has 2 atom stereocenters. The van der Waals surface area contributed by atoms with Crippen LogP contribution >= 0.6 is 0 Å². The Hall–Kier alpha value is -3.87. The van der Waals surface area contributed by atoms with Gasteiger partial charge in [0.2, 0.25) is 11.8 Å². The fourth-order valence-corrected chi connectivity index (χ4v) is 9.83. The second kappa shape index (κ2) is 12.9. The number of ether oxygens (including phenoxy) is 2. The van der Waals surface area contributed by atoms with E-state index in [-0.39, 0.29) is 60.0 Å². The number of amides is 1. The first-order valence-corrected chi connectivity index (χ1v) is 19.6. The maximum absolute atomic E-state index is 14.6. The third kappa shape index (κ3) is 7.21. The molecule has 2 aliphatic heterocycles. The number of aryl methyl sites for hydroxylation is 2. The first kappa shape index (κ1) is 36.5. The van der Waals surface area contributed by atoms with E-state index in [2.05, 4.69) is 14.7 Å². The molecule has 0 radical (unpaired) electrons. The Morgan fingerprint density at radius 1 is 0.981 bits per heavy atom. The molecule has 52 heavy (non-hydrogen) atoms. The predicted octanol–water partition coefficient (Wildman–Crippen LogP) is 8.81. The van der Waals surface area contributed by atoms with Crippen molar-refractivity contribution in [3.63, 3.8) is 0 Å². The molecule has 3 fully saturated rings. The normalized spacial score (nSPS) is 23.7. The van der Waals surface area contributed by atoms with Gasteiger partial charge in [0.15, 0.2) is 0 Å². The molecule has 7 rings (SSSR count). The third-order valence-electron chi connectivity index (χ3n) is 11.7. The molecule has 2 saturated carbocycles. The van der Waals surface area contributed by atoms with Gasteiger partial charge < -0.3 is 14.4 Å². The van der Waals surface area contributed by atoms with Gasteiger partial charge in [0, 0.05) is 30.6 Å². The van der Waals surface area contributed by atoms with Gasteiger partial charge in [-0.15, -0.1) is 0 Å². The molecule has 280 valence electrons. The van der Waals surface area contributed by atoms with Crippen molar-refractivity contribution in [1.29, 1.82) is 0 Å². The Labute approximate surface area is 303 Å². The first-order valence-electron chi connectivity index (χ1n) is 18.1. The Morgan fingerprint density at radius 3 is 2.25 bits per heavy atom. The lowest BCUT2D eigenvalue weighted by atomic mass is 9.52. The fraction of sp³-hybridized carbons (Fsp3) is 0.564. The van der Waals surface area contributed by atoms with Crippen molar-refractivity contribution < 1.29 is 35.9 Å². The summed E-state index contributed by atoms with van der Waals surface area (Å²) in [5, 5.41) is 0. The molecule has 9 nitrogen and oxygen atoms in total. The number of sulfonamides is 1. The monoisotopic (exact) mass is 740 g/mol. The maximum Gasteiger partial charge on any atom is 0.410 e. The lowest BCUT2D eigenvalue weighted by Gasteiger charge is -2.55. The van der Waals surface area contributed by atoms with Crippen LogP contribution in [0.15, 0.2) is 53.4 Å². The number of nitrogens with zero attached hydrogens (tertiary/aromatic N) is 3. The average Bonchev–Trinajstić information content (AvgIpc) is 3.83. The minimum atomic E-state index is -4.37. The van der Waals surface area contributed by atoms with Gasteiger partial charge >= 0.3 is 12.3 Å². The second-order valence-electron chi connectivity index (χ2n) is 16.6. The van der Waals surface area contributed by atoms with Gasteiger partial charge in [0.25, 0.3) is 10.0 Å². The highest BCUT2D eigenvalue weighted by Crippen LogP contribution is 2.65. The van der Waals surface area contributed by atoms with E-state index in [4.69, 9.17) is 9.47 Å². The van der Waals surface area contributed by atoms with Gasteiger partial charge in [-0.25, -0.2) is 22.9 Å². The summed E-state index contributed by atoms with van der Waals surface area (Å²) >= 11 is 0. The highest BCUT2D eigenvalue weighted by Gasteiger charge is 2.64. The zero-order chi connectivity index (χ0) is 37.3. The van der Waals surface area contributed by atoms with Crippen LogP contribution in [-0.2, 0) is 14.8 Å². The van der Waals surface area contributed by atoms with Gasteiger partial charge in [-0.1, -0.05) is 30.3 Å². The molecule has 2 aromatic carbocycles. The number of carbonyl (C=O) groups excluding carboxylic acids is 1. The number of alkyl halides is 3. The molecule has 13 heteroatoms. The van der Waals surface area contributed by atoms with Gasteiger partial charge in [0.05, 0.1) is 22.6 Å². The Bertz CT molecular complexity index is 1940. The van der Waals surface area contributed by atoms with Gasteiger partial charge in [0.1, 0.15) is 5.60 Å². The molecule has 2 aliphatic carbocycles. The van der Waals surface area contributed by atoms with Gasteiger partial charge in [-0.2, -0.15) is 18.2 Å². The number of rotatable bonds is 4. The Morgan fingerprint density at radius 2 is 1.63 bits per heavy atom. The number of carbonyl (C=O) groups is 1. The molecule has 4 aliphatic rings. The van der Waals surface area contributed by atoms with Crippen molar-refractivity contribution in [3.05, 3.63) is 65.2 Å². The minimum absolute atomic E-state index is 0.00507. The molecule has 1 saturated heterocycles. The number of likely N-dealkylation sites (tertiary alicyclic amines) is 1. The van der Waals surface area contributed by atoms with E-state index in [0.717, 1.165) is 42.4 Å².